The molecule has 0 radical (unpaired) electrons. The van der Waals surface area contributed by atoms with Gasteiger partial charge in [-0.15, -0.1) is 10.2 Å². The molecule has 1 aromatic heterocycles. The number of aromatic nitrogens is 2. The van der Waals surface area contributed by atoms with Crippen LogP contribution in [0.2, 0.25) is 0 Å². The maximum Gasteiger partial charge on any atom is 0.224 e. The van der Waals surface area contributed by atoms with Crippen LogP contribution in [0.4, 0.5) is 0 Å². The summed E-state index contributed by atoms with van der Waals surface area (Å²) in [6, 6.07) is 9.75. The molecule has 0 bridgehead atoms. The van der Waals surface area contributed by atoms with Crippen molar-refractivity contribution in [2.45, 2.75) is 32.1 Å². The molecule has 124 valence electrons. The van der Waals surface area contributed by atoms with Gasteiger partial charge in [-0.1, -0.05) is 30.3 Å². The maximum atomic E-state index is 12.2. The highest BCUT2D eigenvalue weighted by molar-refractivity contribution is 5.77. The summed E-state index contributed by atoms with van der Waals surface area (Å²) >= 11 is 0. The number of ether oxygens (including phenoxy) is 1. The molecule has 0 saturated carbocycles. The van der Waals surface area contributed by atoms with E-state index in [1.165, 1.54) is 0 Å². The number of hydrogen-bond acceptors (Lipinski definition) is 5. The van der Waals surface area contributed by atoms with Crippen molar-refractivity contribution >= 4 is 5.91 Å². The van der Waals surface area contributed by atoms with Crippen LogP contribution in [0.5, 0.6) is 0 Å². The summed E-state index contributed by atoms with van der Waals surface area (Å²) in [4.78, 5) is 12.2. The minimum Gasteiger partial charge on any atom is -0.425 e. The van der Waals surface area contributed by atoms with Crippen molar-refractivity contribution in [2.24, 2.45) is 0 Å². The van der Waals surface area contributed by atoms with Crippen molar-refractivity contribution in [2.75, 3.05) is 20.3 Å². The lowest BCUT2D eigenvalue weighted by atomic mass is 9.95. The number of carbonyl (C=O) groups excluding carboxylic acids is 1. The van der Waals surface area contributed by atoms with Gasteiger partial charge < -0.3 is 14.5 Å². The van der Waals surface area contributed by atoms with Gasteiger partial charge in [-0.25, -0.2) is 0 Å². The Morgan fingerprint density at radius 3 is 2.70 bits per heavy atom. The van der Waals surface area contributed by atoms with Gasteiger partial charge in [0.25, 0.3) is 0 Å². The first-order valence-corrected chi connectivity index (χ1v) is 7.81. The first-order valence-electron chi connectivity index (χ1n) is 7.81. The highest BCUT2D eigenvalue weighted by Gasteiger charge is 2.23. The maximum absolute atomic E-state index is 12.2. The molecular weight excluding hydrogens is 294 g/mol. The molecule has 2 aromatic rings. The third-order valence-electron chi connectivity index (χ3n) is 3.53. The number of carbonyl (C=O) groups is 1. The molecule has 1 amide bonds. The quantitative estimate of drug-likeness (QED) is 0.719. The molecular formula is C17H23N3O3. The molecule has 1 atom stereocenters. The van der Waals surface area contributed by atoms with Crippen LogP contribution >= 0.6 is 0 Å². The van der Waals surface area contributed by atoms with Crippen molar-refractivity contribution in [1.82, 2.24) is 15.5 Å². The molecule has 0 saturated heterocycles. The van der Waals surface area contributed by atoms with Gasteiger partial charge in [0.05, 0.1) is 5.92 Å². The Labute approximate surface area is 136 Å². The standard InChI is InChI=1S/C17H23N3O3/c1-13-19-20-17(23-13)15(14-8-4-3-5-9-14)12-16(21)18-10-6-7-11-22-2/h3-5,8-9,15H,6-7,10-12H2,1-2H3,(H,18,21). The Morgan fingerprint density at radius 2 is 2.04 bits per heavy atom. The monoisotopic (exact) mass is 317 g/mol. The third kappa shape index (κ3) is 5.49. The van der Waals surface area contributed by atoms with Gasteiger partial charge in [0.15, 0.2) is 0 Å². The van der Waals surface area contributed by atoms with Crippen LogP contribution in [0.3, 0.4) is 0 Å². The van der Waals surface area contributed by atoms with Crippen molar-refractivity contribution < 1.29 is 13.9 Å². The average Bonchev–Trinajstić information content (AvgIpc) is 2.99. The van der Waals surface area contributed by atoms with Gasteiger partial charge in [-0.05, 0) is 18.4 Å². The van der Waals surface area contributed by atoms with E-state index >= 15 is 0 Å². The van der Waals surface area contributed by atoms with E-state index in [2.05, 4.69) is 15.5 Å². The SMILES string of the molecule is COCCCCNC(=O)CC(c1ccccc1)c1nnc(C)o1. The number of aryl methyl sites for hydroxylation is 1. The van der Waals surface area contributed by atoms with Crippen LogP contribution in [0.15, 0.2) is 34.7 Å². The predicted molar refractivity (Wildman–Crippen MR) is 86.1 cm³/mol. The van der Waals surface area contributed by atoms with E-state index in [4.69, 9.17) is 9.15 Å². The van der Waals surface area contributed by atoms with Crippen LogP contribution in [0.1, 0.15) is 42.5 Å². The molecule has 1 N–H and O–H groups in total. The van der Waals surface area contributed by atoms with Crippen molar-refractivity contribution in [1.29, 1.82) is 0 Å². The first-order chi connectivity index (χ1) is 11.2. The molecule has 0 aliphatic heterocycles. The lowest BCUT2D eigenvalue weighted by Crippen LogP contribution is -2.26. The Hall–Kier alpha value is -2.21. The summed E-state index contributed by atoms with van der Waals surface area (Å²) in [5, 5.41) is 10.9. The van der Waals surface area contributed by atoms with Gasteiger partial charge in [-0.2, -0.15) is 0 Å². The van der Waals surface area contributed by atoms with Gasteiger partial charge in [0, 0.05) is 33.6 Å². The van der Waals surface area contributed by atoms with E-state index in [0.29, 0.717) is 24.9 Å². The van der Waals surface area contributed by atoms with Gasteiger partial charge in [-0.3, -0.25) is 4.79 Å². The van der Waals surface area contributed by atoms with Gasteiger partial charge in [0.1, 0.15) is 0 Å². The van der Waals surface area contributed by atoms with Gasteiger partial charge >= 0.3 is 0 Å². The second kappa shape index (κ2) is 9.05. The zero-order valence-corrected chi connectivity index (χ0v) is 13.6. The van der Waals surface area contributed by atoms with E-state index in [9.17, 15) is 4.79 Å². The second-order valence-electron chi connectivity index (χ2n) is 5.38. The summed E-state index contributed by atoms with van der Waals surface area (Å²) in [6.45, 7) is 3.10. The highest BCUT2D eigenvalue weighted by atomic mass is 16.5. The largest absolute Gasteiger partial charge is 0.425 e. The minimum absolute atomic E-state index is 0.0212. The van der Waals surface area contributed by atoms with Crippen LogP contribution < -0.4 is 5.32 Å². The molecule has 2 rings (SSSR count). The zero-order valence-electron chi connectivity index (χ0n) is 13.6. The third-order valence-corrected chi connectivity index (χ3v) is 3.53. The Balaban J connectivity index is 1.97. The number of amides is 1. The molecule has 0 aliphatic carbocycles. The summed E-state index contributed by atoms with van der Waals surface area (Å²) in [7, 11) is 1.68. The number of hydrogen-bond donors (Lipinski definition) is 1. The summed E-state index contributed by atoms with van der Waals surface area (Å²) in [5.41, 5.74) is 0.991. The van der Waals surface area contributed by atoms with E-state index < -0.39 is 0 Å². The smallest absolute Gasteiger partial charge is 0.224 e. The molecule has 1 unspecified atom stereocenters. The number of unbranched alkanes of at least 4 members (excludes halogenated alkanes) is 1. The molecule has 0 aliphatic rings. The Bertz CT molecular complexity index is 598. The lowest BCUT2D eigenvalue weighted by Gasteiger charge is -2.13. The first kappa shape index (κ1) is 17.1. The summed E-state index contributed by atoms with van der Waals surface area (Å²) in [6.07, 6.45) is 2.12. The average molecular weight is 317 g/mol. The number of benzene rings is 1. The highest BCUT2D eigenvalue weighted by Crippen LogP contribution is 2.26. The summed E-state index contributed by atoms with van der Waals surface area (Å²) < 4.78 is 10.5. The topological polar surface area (TPSA) is 77.2 Å². The normalized spacial score (nSPS) is 12.1. The summed E-state index contributed by atoms with van der Waals surface area (Å²) in [5.74, 6) is 0.729. The number of rotatable bonds is 9. The molecule has 23 heavy (non-hydrogen) atoms. The van der Waals surface area contributed by atoms with Crippen LogP contribution in [0.25, 0.3) is 0 Å². The molecule has 6 heteroatoms. The Morgan fingerprint density at radius 1 is 1.26 bits per heavy atom. The van der Waals surface area contributed by atoms with E-state index in [1.54, 1.807) is 14.0 Å². The second-order valence-corrected chi connectivity index (χ2v) is 5.38. The predicted octanol–water partition coefficient (Wildman–Crippen LogP) is 2.44. The number of nitrogens with zero attached hydrogens (tertiary/aromatic N) is 2. The lowest BCUT2D eigenvalue weighted by molar-refractivity contribution is -0.121. The van der Waals surface area contributed by atoms with E-state index in [0.717, 1.165) is 18.4 Å². The molecule has 1 heterocycles. The van der Waals surface area contributed by atoms with Crippen LogP contribution in [0, 0.1) is 6.92 Å². The van der Waals surface area contributed by atoms with Crippen LogP contribution in [-0.2, 0) is 9.53 Å². The van der Waals surface area contributed by atoms with E-state index in [1.807, 2.05) is 30.3 Å². The molecule has 1 aromatic carbocycles. The van der Waals surface area contributed by atoms with Crippen LogP contribution in [-0.4, -0.2) is 36.4 Å². The fourth-order valence-electron chi connectivity index (χ4n) is 2.34. The fraction of sp³-hybridized carbons (Fsp3) is 0.471. The molecule has 0 fully saturated rings. The van der Waals surface area contributed by atoms with E-state index in [-0.39, 0.29) is 18.2 Å². The Kier molecular flexibility index (Phi) is 6.75. The van der Waals surface area contributed by atoms with Crippen molar-refractivity contribution in [3.8, 4) is 0 Å². The molecule has 0 spiro atoms. The number of nitrogens with one attached hydrogen (secondary N) is 1. The van der Waals surface area contributed by atoms with Crippen molar-refractivity contribution in [3.63, 3.8) is 0 Å². The van der Waals surface area contributed by atoms with Gasteiger partial charge in [0.2, 0.25) is 17.7 Å². The zero-order chi connectivity index (χ0) is 16.5. The number of methoxy groups -OCH3 is 1. The fourth-order valence-corrected chi connectivity index (χ4v) is 2.34. The minimum atomic E-state index is -0.226. The van der Waals surface area contributed by atoms with Crippen molar-refractivity contribution in [3.05, 3.63) is 47.7 Å². The molecule has 6 nitrogen and oxygen atoms in total.